The van der Waals surface area contributed by atoms with Crippen LogP contribution in [0.2, 0.25) is 0 Å². The van der Waals surface area contributed by atoms with Crippen LogP contribution in [0.1, 0.15) is 187 Å². The number of nitrogens with zero attached hydrogens (tertiary/aromatic N) is 1. The van der Waals surface area contributed by atoms with Gasteiger partial charge >= 0.3 is 7.82 Å². The smallest absolute Gasteiger partial charge is 0.387 e. The maximum Gasteiger partial charge on any atom is 0.472 e. The van der Waals surface area contributed by atoms with Gasteiger partial charge in [0, 0.05) is 6.42 Å². The van der Waals surface area contributed by atoms with Gasteiger partial charge in [-0.2, -0.15) is 0 Å². The molecule has 0 saturated heterocycles. The van der Waals surface area contributed by atoms with E-state index < -0.39 is 20.0 Å². The Morgan fingerprint density at radius 1 is 0.556 bits per heavy atom. The molecule has 1 amide bonds. The summed E-state index contributed by atoms with van der Waals surface area (Å²) in [6.45, 7) is 4.66. The van der Waals surface area contributed by atoms with Crippen LogP contribution in [0.4, 0.5) is 0 Å². The Kier molecular flexibility index (Phi) is 42.8. The lowest BCUT2D eigenvalue weighted by Gasteiger charge is -2.25. The predicted octanol–water partition coefficient (Wildman–Crippen LogP) is 14.7. The summed E-state index contributed by atoms with van der Waals surface area (Å²) in [5.74, 6) is -0.201. The van der Waals surface area contributed by atoms with Crippen LogP contribution in [0.25, 0.3) is 0 Å². The second-order valence-corrected chi connectivity index (χ2v) is 19.3. The van der Waals surface area contributed by atoms with Crippen molar-refractivity contribution in [3.8, 4) is 0 Å². The Morgan fingerprint density at radius 2 is 0.952 bits per heavy atom. The van der Waals surface area contributed by atoms with Gasteiger partial charge in [-0.25, -0.2) is 4.57 Å². The molecule has 8 nitrogen and oxygen atoms in total. The minimum Gasteiger partial charge on any atom is -0.387 e. The molecule has 0 rings (SSSR count). The molecule has 0 aromatic rings. The van der Waals surface area contributed by atoms with Crippen LogP contribution < -0.4 is 5.32 Å². The van der Waals surface area contributed by atoms with Crippen molar-refractivity contribution in [1.82, 2.24) is 5.32 Å². The van der Waals surface area contributed by atoms with Crippen molar-refractivity contribution < 1.29 is 32.9 Å². The van der Waals surface area contributed by atoms with Crippen molar-refractivity contribution in [2.75, 3.05) is 40.9 Å². The number of amides is 1. The largest absolute Gasteiger partial charge is 0.472 e. The molecule has 362 valence electrons. The van der Waals surface area contributed by atoms with Gasteiger partial charge in [-0.3, -0.25) is 13.8 Å². The zero-order valence-electron chi connectivity index (χ0n) is 41.0. The number of carbonyl (C=O) groups is 1. The highest BCUT2D eigenvalue weighted by atomic mass is 31.2. The number of allylic oxidation sites excluding steroid dienone is 15. The lowest BCUT2D eigenvalue weighted by atomic mass is 10.0. The summed E-state index contributed by atoms with van der Waals surface area (Å²) in [7, 11) is 1.54. The van der Waals surface area contributed by atoms with Crippen molar-refractivity contribution in [1.29, 1.82) is 0 Å². The molecular weight excluding hydrogens is 804 g/mol. The summed E-state index contributed by atoms with van der Waals surface area (Å²) in [4.78, 5) is 23.2. The number of likely N-dealkylation sites (N-methyl/N-ethyl adjacent to an activating group) is 1. The minimum atomic E-state index is -4.35. The fraction of sp³-hybridized carbons (Fsp3) is 0.685. The molecule has 0 heterocycles. The highest BCUT2D eigenvalue weighted by Crippen LogP contribution is 2.43. The molecule has 0 aliphatic rings. The standard InChI is InChI=1S/C54H95N2O6P/c1-6-8-10-12-14-16-18-20-22-23-24-25-26-27-28-29-30-31-32-33-34-36-38-40-42-44-46-48-54(58)55-52(51-62-63(59,60)61-50-49-56(3,4)5)53(57)47-45-43-41-39-37-35-21-19-17-15-13-11-9-7-2/h8,10,14,16,20,22,24-25,27-28,30-31,33-34,45,47,52-53,57H,6-7,9,11-13,15,17-19,21,23,26,29,32,35-44,46,48-51H2,1-5H3,(H-,55,58,59,60)/p+1/b10-8-,16-14-,22-20-,25-24-,28-27-,31-30-,34-33-,47-45+. The molecule has 0 aromatic carbocycles. The Bertz CT molecular complexity index is 1340. The number of hydrogen-bond donors (Lipinski definition) is 3. The minimum absolute atomic E-state index is 0.0520. The average Bonchev–Trinajstić information content (AvgIpc) is 3.24. The molecule has 0 aliphatic heterocycles. The normalized spacial score (nSPS) is 15.0. The zero-order chi connectivity index (χ0) is 46.4. The number of quaternary nitrogens is 1. The maximum absolute atomic E-state index is 12.9. The third-order valence-corrected chi connectivity index (χ3v) is 11.5. The van der Waals surface area contributed by atoms with Gasteiger partial charge in [-0.15, -0.1) is 0 Å². The maximum atomic E-state index is 12.9. The number of unbranched alkanes of at least 4 members (excludes halogenated alkanes) is 17. The Balaban J connectivity index is 4.36. The van der Waals surface area contributed by atoms with Crippen LogP contribution in [0, 0.1) is 0 Å². The zero-order valence-corrected chi connectivity index (χ0v) is 41.9. The van der Waals surface area contributed by atoms with Crippen molar-refractivity contribution >= 4 is 13.7 Å². The molecule has 3 unspecified atom stereocenters. The van der Waals surface area contributed by atoms with E-state index in [1.54, 1.807) is 6.08 Å². The molecule has 63 heavy (non-hydrogen) atoms. The number of carbonyl (C=O) groups excluding carboxylic acids is 1. The number of phosphoric ester groups is 1. The predicted molar refractivity (Wildman–Crippen MR) is 272 cm³/mol. The van der Waals surface area contributed by atoms with Crippen LogP contribution in [0.15, 0.2) is 97.2 Å². The first-order chi connectivity index (χ1) is 30.5. The third-order valence-electron chi connectivity index (χ3n) is 10.6. The van der Waals surface area contributed by atoms with Gasteiger partial charge in [0.25, 0.3) is 0 Å². The van der Waals surface area contributed by atoms with E-state index in [2.05, 4.69) is 104 Å². The lowest BCUT2D eigenvalue weighted by molar-refractivity contribution is -0.870. The molecule has 0 aromatic heterocycles. The third kappa shape index (κ3) is 47.2. The SMILES string of the molecule is CC/C=C\C/C=C\C/C=C\C/C=C\C/C=C\C/C=C\C/C=C\CCCCCCCC(=O)NC(COP(=O)(O)OCC[N+](C)(C)C)C(O)/C=C/CCCCCCCCCCCCCC. The molecule has 0 radical (unpaired) electrons. The Morgan fingerprint density at radius 3 is 1.40 bits per heavy atom. The van der Waals surface area contributed by atoms with E-state index in [1.165, 1.54) is 64.2 Å². The summed E-state index contributed by atoms with van der Waals surface area (Å²) >= 11 is 0. The summed E-state index contributed by atoms with van der Waals surface area (Å²) < 4.78 is 23.6. The number of nitrogens with one attached hydrogen (secondary N) is 1. The molecular formula is C54H96N2O6P+. The van der Waals surface area contributed by atoms with E-state index in [0.29, 0.717) is 17.4 Å². The van der Waals surface area contributed by atoms with E-state index in [-0.39, 0.29) is 19.1 Å². The van der Waals surface area contributed by atoms with Gasteiger partial charge in [0.15, 0.2) is 0 Å². The number of phosphoric acid groups is 1. The summed E-state index contributed by atoms with van der Waals surface area (Å²) in [5, 5.41) is 13.8. The van der Waals surface area contributed by atoms with Crippen LogP contribution in [0.3, 0.4) is 0 Å². The second kappa shape index (κ2) is 44.6. The van der Waals surface area contributed by atoms with E-state index >= 15 is 0 Å². The monoisotopic (exact) mass is 900 g/mol. The average molecular weight is 900 g/mol. The van der Waals surface area contributed by atoms with Gasteiger partial charge in [0.05, 0.1) is 39.9 Å². The van der Waals surface area contributed by atoms with Crippen LogP contribution in [0.5, 0.6) is 0 Å². The molecule has 0 saturated carbocycles. The first kappa shape index (κ1) is 60.4. The van der Waals surface area contributed by atoms with E-state index in [9.17, 15) is 19.4 Å². The van der Waals surface area contributed by atoms with Crippen molar-refractivity contribution in [2.45, 2.75) is 199 Å². The molecule has 0 spiro atoms. The number of aliphatic hydroxyl groups is 1. The molecule has 0 bridgehead atoms. The number of aliphatic hydroxyl groups excluding tert-OH is 1. The van der Waals surface area contributed by atoms with E-state index in [4.69, 9.17) is 9.05 Å². The lowest BCUT2D eigenvalue weighted by Crippen LogP contribution is -2.45. The fourth-order valence-electron chi connectivity index (χ4n) is 6.61. The van der Waals surface area contributed by atoms with Crippen molar-refractivity contribution in [3.63, 3.8) is 0 Å². The molecule has 0 fully saturated rings. The summed E-state index contributed by atoms with van der Waals surface area (Å²) in [6, 6.07) is -0.863. The Hall–Kier alpha value is -2.58. The van der Waals surface area contributed by atoms with Crippen molar-refractivity contribution in [3.05, 3.63) is 97.2 Å². The number of hydrogen-bond acceptors (Lipinski definition) is 5. The van der Waals surface area contributed by atoms with Crippen LogP contribution >= 0.6 is 7.82 Å². The van der Waals surface area contributed by atoms with E-state index in [1.807, 2.05) is 27.2 Å². The highest BCUT2D eigenvalue weighted by molar-refractivity contribution is 7.47. The second-order valence-electron chi connectivity index (χ2n) is 17.8. The Labute approximate surface area is 388 Å². The molecule has 3 N–H and O–H groups in total. The number of rotatable bonds is 44. The molecule has 0 aliphatic carbocycles. The van der Waals surface area contributed by atoms with Gasteiger partial charge in [-0.1, -0.05) is 201 Å². The van der Waals surface area contributed by atoms with Gasteiger partial charge in [0.2, 0.25) is 5.91 Å². The van der Waals surface area contributed by atoms with Crippen LogP contribution in [-0.2, 0) is 18.4 Å². The van der Waals surface area contributed by atoms with Gasteiger partial charge < -0.3 is 19.8 Å². The van der Waals surface area contributed by atoms with Gasteiger partial charge in [0.1, 0.15) is 13.2 Å². The summed E-state index contributed by atoms with van der Waals surface area (Å²) in [5.41, 5.74) is 0. The quantitative estimate of drug-likeness (QED) is 0.0243. The first-order valence-corrected chi connectivity index (χ1v) is 26.6. The van der Waals surface area contributed by atoms with Gasteiger partial charge in [-0.05, 0) is 77.0 Å². The van der Waals surface area contributed by atoms with Crippen molar-refractivity contribution in [2.24, 2.45) is 0 Å². The van der Waals surface area contributed by atoms with Crippen LogP contribution in [-0.4, -0.2) is 73.4 Å². The molecule has 3 atom stereocenters. The van der Waals surface area contributed by atoms with E-state index in [0.717, 1.165) is 103 Å². The highest BCUT2D eigenvalue weighted by Gasteiger charge is 2.27. The molecule has 9 heteroatoms. The first-order valence-electron chi connectivity index (χ1n) is 25.1. The fourth-order valence-corrected chi connectivity index (χ4v) is 7.34. The topological polar surface area (TPSA) is 105 Å². The summed E-state index contributed by atoms with van der Waals surface area (Å²) in [6.07, 6.45) is 63.4.